The molecule has 2 saturated heterocycles. The zero-order valence-electron chi connectivity index (χ0n) is 7.91. The number of carbonyl (C=O) groups excluding carboxylic acids is 2. The van der Waals surface area contributed by atoms with Crippen molar-refractivity contribution in [3.05, 3.63) is 0 Å². The van der Waals surface area contributed by atoms with E-state index >= 15 is 0 Å². The minimum Gasteiger partial charge on any atom is -0.315 e. The molecular formula is C9H14N2O2. The van der Waals surface area contributed by atoms with Crippen LogP contribution in [0.25, 0.3) is 0 Å². The van der Waals surface area contributed by atoms with E-state index in [4.69, 9.17) is 0 Å². The molecule has 2 heterocycles. The standard InChI is InChI=1S/C9H14N2O2/c1-5(2)11-8(12)6-3-10-4-7(6)9(11)13/h5-7,10H,3-4H2,1-2H3/t6-,7+. The molecule has 4 heteroatoms. The topological polar surface area (TPSA) is 49.4 Å². The zero-order chi connectivity index (χ0) is 9.59. The first-order chi connectivity index (χ1) is 6.13. The second-order valence-electron chi connectivity index (χ2n) is 4.01. The van der Waals surface area contributed by atoms with Crippen molar-refractivity contribution < 1.29 is 9.59 Å². The van der Waals surface area contributed by atoms with Crippen LogP contribution < -0.4 is 5.32 Å². The highest BCUT2D eigenvalue weighted by Crippen LogP contribution is 2.30. The third-order valence-corrected chi connectivity index (χ3v) is 2.84. The highest BCUT2D eigenvalue weighted by Gasteiger charge is 2.50. The average Bonchev–Trinajstić information content (AvgIpc) is 2.56. The van der Waals surface area contributed by atoms with E-state index in [9.17, 15) is 9.59 Å². The maximum atomic E-state index is 11.7. The molecule has 0 radical (unpaired) electrons. The monoisotopic (exact) mass is 182 g/mol. The van der Waals surface area contributed by atoms with Crippen LogP contribution in [0, 0.1) is 11.8 Å². The lowest BCUT2D eigenvalue weighted by Gasteiger charge is -2.19. The third kappa shape index (κ3) is 1.09. The molecule has 0 aliphatic carbocycles. The van der Waals surface area contributed by atoms with Crippen LogP contribution in [0.2, 0.25) is 0 Å². The Bertz CT molecular complexity index is 240. The van der Waals surface area contributed by atoms with Gasteiger partial charge in [-0.3, -0.25) is 14.5 Å². The van der Waals surface area contributed by atoms with Crippen LogP contribution in [0.4, 0.5) is 0 Å². The molecule has 2 aliphatic heterocycles. The van der Waals surface area contributed by atoms with Crippen molar-refractivity contribution in [1.29, 1.82) is 0 Å². The van der Waals surface area contributed by atoms with Gasteiger partial charge in [-0.2, -0.15) is 0 Å². The number of hydrogen-bond donors (Lipinski definition) is 1. The molecule has 2 aliphatic rings. The molecule has 0 saturated carbocycles. The highest BCUT2D eigenvalue weighted by molar-refractivity contribution is 6.06. The molecule has 2 rings (SSSR count). The first-order valence-corrected chi connectivity index (χ1v) is 4.70. The van der Waals surface area contributed by atoms with Gasteiger partial charge in [-0.15, -0.1) is 0 Å². The van der Waals surface area contributed by atoms with Crippen LogP contribution >= 0.6 is 0 Å². The predicted molar refractivity (Wildman–Crippen MR) is 46.8 cm³/mol. The van der Waals surface area contributed by atoms with E-state index in [1.807, 2.05) is 13.8 Å². The maximum Gasteiger partial charge on any atom is 0.234 e. The number of hydrogen-bond acceptors (Lipinski definition) is 3. The lowest BCUT2D eigenvalue weighted by Crippen LogP contribution is -2.39. The highest BCUT2D eigenvalue weighted by atomic mass is 16.2. The van der Waals surface area contributed by atoms with Gasteiger partial charge in [0.1, 0.15) is 0 Å². The SMILES string of the molecule is CC(C)N1C(=O)[C@H]2CNC[C@H]2C1=O. The molecule has 0 unspecified atom stereocenters. The smallest absolute Gasteiger partial charge is 0.234 e. The fourth-order valence-electron chi connectivity index (χ4n) is 2.17. The van der Waals surface area contributed by atoms with E-state index in [1.165, 1.54) is 4.90 Å². The van der Waals surface area contributed by atoms with Crippen molar-refractivity contribution in [2.45, 2.75) is 19.9 Å². The summed E-state index contributed by atoms with van der Waals surface area (Å²) in [5.41, 5.74) is 0. The number of fused-ring (bicyclic) bond motifs is 1. The molecule has 0 spiro atoms. The second-order valence-corrected chi connectivity index (χ2v) is 4.01. The summed E-state index contributed by atoms with van der Waals surface area (Å²) in [6.45, 7) is 5.09. The molecular weight excluding hydrogens is 168 g/mol. The van der Waals surface area contributed by atoms with Gasteiger partial charge in [0, 0.05) is 19.1 Å². The molecule has 1 N–H and O–H groups in total. The van der Waals surface area contributed by atoms with Crippen molar-refractivity contribution >= 4 is 11.8 Å². The van der Waals surface area contributed by atoms with Crippen LogP contribution in [-0.2, 0) is 9.59 Å². The van der Waals surface area contributed by atoms with Crippen LogP contribution in [0.1, 0.15) is 13.8 Å². The summed E-state index contributed by atoms with van der Waals surface area (Å²) in [4.78, 5) is 24.8. The molecule has 0 aromatic heterocycles. The lowest BCUT2D eigenvalue weighted by atomic mass is 10.00. The van der Waals surface area contributed by atoms with Gasteiger partial charge >= 0.3 is 0 Å². The molecule has 13 heavy (non-hydrogen) atoms. The quantitative estimate of drug-likeness (QED) is 0.561. The first-order valence-electron chi connectivity index (χ1n) is 4.70. The van der Waals surface area contributed by atoms with Gasteiger partial charge < -0.3 is 5.32 Å². The Labute approximate surface area is 77.3 Å². The Kier molecular flexibility index (Phi) is 1.87. The Hall–Kier alpha value is -0.900. The molecule has 2 amide bonds. The van der Waals surface area contributed by atoms with Gasteiger partial charge in [0.25, 0.3) is 0 Å². The van der Waals surface area contributed by atoms with E-state index < -0.39 is 0 Å². The lowest BCUT2D eigenvalue weighted by molar-refractivity contribution is -0.142. The molecule has 0 aromatic carbocycles. The van der Waals surface area contributed by atoms with Gasteiger partial charge in [-0.05, 0) is 13.8 Å². The molecule has 2 fully saturated rings. The van der Waals surface area contributed by atoms with Crippen LogP contribution in [0.3, 0.4) is 0 Å². The van der Waals surface area contributed by atoms with Crippen molar-refractivity contribution in [2.24, 2.45) is 11.8 Å². The summed E-state index contributed by atoms with van der Waals surface area (Å²) in [6, 6.07) is 0.00519. The fraction of sp³-hybridized carbons (Fsp3) is 0.778. The first kappa shape index (κ1) is 8.69. The van der Waals surface area contributed by atoms with E-state index in [0.717, 1.165) is 0 Å². The van der Waals surface area contributed by atoms with E-state index in [-0.39, 0.29) is 29.7 Å². The van der Waals surface area contributed by atoms with Gasteiger partial charge in [-0.25, -0.2) is 0 Å². The summed E-state index contributed by atoms with van der Waals surface area (Å²) in [6.07, 6.45) is 0. The summed E-state index contributed by atoms with van der Waals surface area (Å²) < 4.78 is 0. The summed E-state index contributed by atoms with van der Waals surface area (Å²) >= 11 is 0. The molecule has 2 atom stereocenters. The zero-order valence-corrected chi connectivity index (χ0v) is 7.91. The van der Waals surface area contributed by atoms with E-state index in [0.29, 0.717) is 13.1 Å². The number of imide groups is 1. The number of carbonyl (C=O) groups is 2. The van der Waals surface area contributed by atoms with Gasteiger partial charge in [0.2, 0.25) is 11.8 Å². The fourth-order valence-corrected chi connectivity index (χ4v) is 2.17. The molecule has 0 aromatic rings. The molecule has 0 bridgehead atoms. The van der Waals surface area contributed by atoms with Crippen molar-refractivity contribution in [2.75, 3.05) is 13.1 Å². The van der Waals surface area contributed by atoms with Crippen molar-refractivity contribution in [1.82, 2.24) is 10.2 Å². The minimum atomic E-state index is -0.0881. The Morgan fingerprint density at radius 3 is 2.08 bits per heavy atom. The number of nitrogens with zero attached hydrogens (tertiary/aromatic N) is 1. The van der Waals surface area contributed by atoms with Crippen LogP contribution in [0.15, 0.2) is 0 Å². The summed E-state index contributed by atoms with van der Waals surface area (Å²) in [7, 11) is 0. The minimum absolute atomic E-state index is 0.00519. The Morgan fingerprint density at radius 2 is 1.69 bits per heavy atom. The molecule has 4 nitrogen and oxygen atoms in total. The predicted octanol–water partition coefficient (Wildman–Crippen LogP) is -0.401. The van der Waals surface area contributed by atoms with Gasteiger partial charge in [0.15, 0.2) is 0 Å². The van der Waals surface area contributed by atoms with Gasteiger partial charge in [0.05, 0.1) is 11.8 Å². The largest absolute Gasteiger partial charge is 0.315 e. The van der Waals surface area contributed by atoms with Crippen molar-refractivity contribution in [3.8, 4) is 0 Å². The van der Waals surface area contributed by atoms with E-state index in [2.05, 4.69) is 5.32 Å². The number of amides is 2. The van der Waals surface area contributed by atoms with Crippen LogP contribution in [-0.4, -0.2) is 35.8 Å². The van der Waals surface area contributed by atoms with E-state index in [1.54, 1.807) is 0 Å². The Balaban J connectivity index is 2.26. The van der Waals surface area contributed by atoms with Crippen molar-refractivity contribution in [3.63, 3.8) is 0 Å². The van der Waals surface area contributed by atoms with Crippen LogP contribution in [0.5, 0.6) is 0 Å². The number of likely N-dealkylation sites (tertiary alicyclic amines) is 1. The Morgan fingerprint density at radius 1 is 1.23 bits per heavy atom. The summed E-state index contributed by atoms with van der Waals surface area (Å²) in [5, 5.41) is 3.08. The average molecular weight is 182 g/mol. The molecule has 72 valence electrons. The normalized spacial score (nSPS) is 33.3. The van der Waals surface area contributed by atoms with Gasteiger partial charge in [-0.1, -0.05) is 0 Å². The third-order valence-electron chi connectivity index (χ3n) is 2.84. The second kappa shape index (κ2) is 2.80. The summed E-state index contributed by atoms with van der Waals surface area (Å²) in [5.74, 6) is -0.158. The number of nitrogens with one attached hydrogen (secondary N) is 1. The number of rotatable bonds is 1. The maximum absolute atomic E-state index is 11.7.